The molecule has 1 aromatic rings. The van der Waals surface area contributed by atoms with Gasteiger partial charge < -0.3 is 14.8 Å². The van der Waals surface area contributed by atoms with Crippen molar-refractivity contribution in [2.24, 2.45) is 5.92 Å². The molecule has 1 aromatic carbocycles. The van der Waals surface area contributed by atoms with E-state index in [1.54, 1.807) is 7.11 Å². The Balaban J connectivity index is 1.72. The van der Waals surface area contributed by atoms with Gasteiger partial charge in [0.15, 0.2) is 0 Å². The van der Waals surface area contributed by atoms with Crippen molar-refractivity contribution in [2.75, 3.05) is 13.7 Å². The van der Waals surface area contributed by atoms with Crippen molar-refractivity contribution in [3.8, 4) is 11.5 Å². The van der Waals surface area contributed by atoms with E-state index < -0.39 is 0 Å². The van der Waals surface area contributed by atoms with E-state index in [0.29, 0.717) is 12.1 Å². The van der Waals surface area contributed by atoms with Gasteiger partial charge in [-0.3, -0.25) is 0 Å². The highest BCUT2D eigenvalue weighted by Gasteiger charge is 2.27. The number of hydrogen-bond donors (Lipinski definition) is 1. The summed E-state index contributed by atoms with van der Waals surface area (Å²) in [4.78, 5) is 0. The molecular weight excluding hydrogens is 238 g/mol. The van der Waals surface area contributed by atoms with Crippen molar-refractivity contribution in [1.82, 2.24) is 5.32 Å². The van der Waals surface area contributed by atoms with Gasteiger partial charge in [0.2, 0.25) is 0 Å². The molecule has 3 rings (SSSR count). The van der Waals surface area contributed by atoms with Gasteiger partial charge in [-0.1, -0.05) is 12.8 Å². The second-order valence-electron chi connectivity index (χ2n) is 5.84. The van der Waals surface area contributed by atoms with E-state index in [9.17, 15) is 0 Å². The fraction of sp³-hybridized carbons (Fsp3) is 0.625. The smallest absolute Gasteiger partial charge is 0.124 e. The van der Waals surface area contributed by atoms with Crippen LogP contribution in [0.2, 0.25) is 0 Å². The zero-order valence-corrected chi connectivity index (χ0v) is 11.8. The van der Waals surface area contributed by atoms with Crippen LogP contribution >= 0.6 is 0 Å². The van der Waals surface area contributed by atoms with Crippen molar-refractivity contribution in [3.05, 3.63) is 23.8 Å². The van der Waals surface area contributed by atoms with Gasteiger partial charge in [-0.05, 0) is 37.5 Å². The standard InChI is InChI=1S/C16H23NO2/c1-11(9-12-3-4-12)17-15-7-8-19-16-6-5-13(18-2)10-14(15)16/h5-6,10-12,15,17H,3-4,7-9H2,1-2H3. The van der Waals surface area contributed by atoms with Crippen molar-refractivity contribution in [2.45, 2.75) is 44.7 Å². The van der Waals surface area contributed by atoms with Crippen LogP contribution in [-0.2, 0) is 0 Å². The summed E-state index contributed by atoms with van der Waals surface area (Å²) in [6.45, 7) is 3.10. The molecule has 1 aliphatic heterocycles. The highest BCUT2D eigenvalue weighted by atomic mass is 16.5. The molecule has 0 saturated heterocycles. The minimum Gasteiger partial charge on any atom is -0.497 e. The molecule has 1 fully saturated rings. The Kier molecular flexibility index (Phi) is 3.65. The summed E-state index contributed by atoms with van der Waals surface area (Å²) in [7, 11) is 1.71. The van der Waals surface area contributed by atoms with Crippen LogP contribution in [0.4, 0.5) is 0 Å². The summed E-state index contributed by atoms with van der Waals surface area (Å²) in [5.41, 5.74) is 1.24. The molecule has 0 aromatic heterocycles. The Morgan fingerprint density at radius 3 is 2.95 bits per heavy atom. The van der Waals surface area contributed by atoms with Crippen molar-refractivity contribution in [1.29, 1.82) is 0 Å². The van der Waals surface area contributed by atoms with Crippen molar-refractivity contribution >= 4 is 0 Å². The zero-order valence-electron chi connectivity index (χ0n) is 11.8. The van der Waals surface area contributed by atoms with Crippen molar-refractivity contribution in [3.63, 3.8) is 0 Å². The quantitative estimate of drug-likeness (QED) is 0.882. The van der Waals surface area contributed by atoms with Gasteiger partial charge >= 0.3 is 0 Å². The zero-order chi connectivity index (χ0) is 13.2. The lowest BCUT2D eigenvalue weighted by Gasteiger charge is -2.29. The largest absolute Gasteiger partial charge is 0.497 e. The van der Waals surface area contributed by atoms with Crippen LogP contribution < -0.4 is 14.8 Å². The highest BCUT2D eigenvalue weighted by Crippen LogP contribution is 2.37. The molecule has 1 saturated carbocycles. The Labute approximate surface area is 115 Å². The van der Waals surface area contributed by atoms with Gasteiger partial charge in [-0.2, -0.15) is 0 Å². The molecule has 3 nitrogen and oxygen atoms in total. The molecule has 0 amide bonds. The first kappa shape index (κ1) is 12.8. The average molecular weight is 261 g/mol. The SMILES string of the molecule is COc1ccc2c(c1)C(NC(C)CC1CC1)CCO2. The van der Waals surface area contributed by atoms with Gasteiger partial charge in [-0.25, -0.2) is 0 Å². The third kappa shape index (κ3) is 3.03. The fourth-order valence-corrected chi connectivity index (χ4v) is 2.94. The molecular formula is C16H23NO2. The van der Waals surface area contributed by atoms with Gasteiger partial charge in [0.1, 0.15) is 11.5 Å². The predicted molar refractivity (Wildman–Crippen MR) is 75.8 cm³/mol. The van der Waals surface area contributed by atoms with E-state index in [1.807, 2.05) is 12.1 Å². The highest BCUT2D eigenvalue weighted by molar-refractivity contribution is 5.43. The topological polar surface area (TPSA) is 30.5 Å². The average Bonchev–Trinajstić information content (AvgIpc) is 3.22. The van der Waals surface area contributed by atoms with Gasteiger partial charge in [0.05, 0.1) is 13.7 Å². The van der Waals surface area contributed by atoms with Crippen LogP contribution in [0.25, 0.3) is 0 Å². The maximum Gasteiger partial charge on any atom is 0.124 e. The molecule has 1 heterocycles. The number of benzene rings is 1. The second-order valence-corrected chi connectivity index (χ2v) is 5.84. The lowest BCUT2D eigenvalue weighted by Crippen LogP contribution is -2.34. The van der Waals surface area contributed by atoms with Crippen LogP contribution in [0.15, 0.2) is 18.2 Å². The summed E-state index contributed by atoms with van der Waals surface area (Å²) in [5, 5.41) is 3.76. The third-order valence-electron chi connectivity index (χ3n) is 4.13. The molecule has 2 aliphatic rings. The molecule has 104 valence electrons. The number of fused-ring (bicyclic) bond motifs is 1. The van der Waals surface area contributed by atoms with E-state index in [-0.39, 0.29) is 0 Å². The molecule has 0 radical (unpaired) electrons. The summed E-state index contributed by atoms with van der Waals surface area (Å²) >= 11 is 0. The van der Waals surface area contributed by atoms with Crippen LogP contribution in [0.1, 0.15) is 44.2 Å². The molecule has 2 atom stereocenters. The minimum absolute atomic E-state index is 0.396. The lowest BCUT2D eigenvalue weighted by molar-refractivity contribution is 0.242. The number of hydrogen-bond acceptors (Lipinski definition) is 3. The van der Waals surface area contributed by atoms with E-state index in [0.717, 1.165) is 30.4 Å². The van der Waals surface area contributed by atoms with E-state index >= 15 is 0 Å². The first-order chi connectivity index (χ1) is 9.26. The second kappa shape index (κ2) is 5.41. The minimum atomic E-state index is 0.396. The Morgan fingerprint density at radius 2 is 2.21 bits per heavy atom. The van der Waals surface area contributed by atoms with E-state index in [1.165, 1.54) is 24.8 Å². The van der Waals surface area contributed by atoms with Gasteiger partial charge in [-0.15, -0.1) is 0 Å². The van der Waals surface area contributed by atoms with E-state index in [4.69, 9.17) is 9.47 Å². The summed E-state index contributed by atoms with van der Waals surface area (Å²) < 4.78 is 11.1. The fourth-order valence-electron chi connectivity index (χ4n) is 2.94. The van der Waals surface area contributed by atoms with Crippen LogP contribution in [-0.4, -0.2) is 19.8 Å². The Hall–Kier alpha value is -1.22. The lowest BCUT2D eigenvalue weighted by atomic mass is 9.98. The van der Waals surface area contributed by atoms with Crippen LogP contribution in [0.3, 0.4) is 0 Å². The molecule has 3 heteroatoms. The first-order valence-electron chi connectivity index (χ1n) is 7.33. The third-order valence-corrected chi connectivity index (χ3v) is 4.13. The number of methoxy groups -OCH3 is 1. The summed E-state index contributed by atoms with van der Waals surface area (Å²) in [6.07, 6.45) is 5.18. The molecule has 0 bridgehead atoms. The summed E-state index contributed by atoms with van der Waals surface area (Å²) in [5.74, 6) is 2.88. The summed E-state index contributed by atoms with van der Waals surface area (Å²) in [6, 6.07) is 7.07. The number of rotatable bonds is 5. The first-order valence-corrected chi connectivity index (χ1v) is 7.33. The molecule has 19 heavy (non-hydrogen) atoms. The molecule has 1 N–H and O–H groups in total. The number of ether oxygens (including phenoxy) is 2. The van der Waals surface area contributed by atoms with Crippen LogP contribution in [0.5, 0.6) is 11.5 Å². The molecule has 0 spiro atoms. The Morgan fingerprint density at radius 1 is 1.37 bits per heavy atom. The van der Waals surface area contributed by atoms with Crippen molar-refractivity contribution < 1.29 is 9.47 Å². The maximum absolute atomic E-state index is 5.73. The molecule has 2 unspecified atom stereocenters. The number of nitrogens with one attached hydrogen (secondary N) is 1. The monoisotopic (exact) mass is 261 g/mol. The predicted octanol–water partition coefficient (Wildman–Crippen LogP) is 3.30. The normalized spacial score (nSPS) is 23.4. The van der Waals surface area contributed by atoms with E-state index in [2.05, 4.69) is 18.3 Å². The Bertz CT molecular complexity index is 442. The van der Waals surface area contributed by atoms with Crippen LogP contribution in [0, 0.1) is 5.92 Å². The van der Waals surface area contributed by atoms with Gasteiger partial charge in [0.25, 0.3) is 0 Å². The molecule has 1 aliphatic carbocycles. The van der Waals surface area contributed by atoms with Gasteiger partial charge in [0, 0.05) is 24.1 Å². The maximum atomic E-state index is 5.73.